The van der Waals surface area contributed by atoms with Crippen LogP contribution in [-0.2, 0) is 19.1 Å². The molecule has 210 valence electrons. The van der Waals surface area contributed by atoms with E-state index in [4.69, 9.17) is 9.47 Å². The summed E-state index contributed by atoms with van der Waals surface area (Å²) < 4.78 is 49.8. The van der Waals surface area contributed by atoms with Crippen LogP contribution in [-0.4, -0.2) is 37.5 Å². The number of ether oxygens (including phenoxy) is 2. The molecule has 6 nitrogen and oxygen atoms in total. The lowest BCUT2D eigenvalue weighted by atomic mass is 9.97. The van der Waals surface area contributed by atoms with Crippen molar-refractivity contribution >= 4 is 17.5 Å². The minimum absolute atomic E-state index is 0.174. The van der Waals surface area contributed by atoms with Gasteiger partial charge < -0.3 is 19.7 Å². The van der Waals surface area contributed by atoms with Gasteiger partial charge in [0.2, 0.25) is 0 Å². The van der Waals surface area contributed by atoms with E-state index in [0.29, 0.717) is 59.0 Å². The average Bonchev–Trinajstić information content (AvgIpc) is 2.99. The highest BCUT2D eigenvalue weighted by atomic mass is 19.4. The lowest BCUT2D eigenvalue weighted by Crippen LogP contribution is -2.36. The highest BCUT2D eigenvalue weighted by Crippen LogP contribution is 2.34. The van der Waals surface area contributed by atoms with Crippen LogP contribution in [0.4, 0.5) is 18.9 Å². The van der Waals surface area contributed by atoms with Gasteiger partial charge in [0.15, 0.2) is 11.5 Å². The molecule has 0 unspecified atom stereocenters. The Morgan fingerprint density at radius 3 is 2.20 bits per heavy atom. The zero-order valence-electron chi connectivity index (χ0n) is 22.4. The maximum atomic E-state index is 13.4. The first-order valence-corrected chi connectivity index (χ1v) is 12.9. The molecule has 4 aromatic rings. The Bertz CT molecular complexity index is 1600. The SMILES string of the molecule is COc1cc2c(cc1OC)CN(C(=O)c1cccc(NC(=O)c3ccccc3-c3ccc(C(F)(F)F)cc3)c1)CC2. The maximum Gasteiger partial charge on any atom is 0.416 e. The van der Waals surface area contributed by atoms with Crippen LogP contribution in [0, 0.1) is 0 Å². The molecule has 0 saturated heterocycles. The molecule has 0 aliphatic carbocycles. The van der Waals surface area contributed by atoms with Crippen LogP contribution in [0.3, 0.4) is 0 Å². The summed E-state index contributed by atoms with van der Waals surface area (Å²) in [6.45, 7) is 0.935. The summed E-state index contributed by atoms with van der Waals surface area (Å²) in [7, 11) is 3.15. The molecule has 0 spiro atoms. The molecule has 0 saturated carbocycles. The van der Waals surface area contributed by atoms with Gasteiger partial charge in [-0.1, -0.05) is 36.4 Å². The molecule has 0 aromatic heterocycles. The van der Waals surface area contributed by atoms with E-state index < -0.39 is 17.6 Å². The number of nitrogens with one attached hydrogen (secondary N) is 1. The Morgan fingerprint density at radius 2 is 1.51 bits per heavy atom. The smallest absolute Gasteiger partial charge is 0.416 e. The van der Waals surface area contributed by atoms with Crippen LogP contribution < -0.4 is 14.8 Å². The van der Waals surface area contributed by atoms with Crippen LogP contribution in [0.1, 0.15) is 37.4 Å². The molecule has 1 heterocycles. The highest BCUT2D eigenvalue weighted by Gasteiger charge is 2.30. The fourth-order valence-electron chi connectivity index (χ4n) is 4.94. The van der Waals surface area contributed by atoms with E-state index in [2.05, 4.69) is 5.32 Å². The number of carbonyl (C=O) groups is 2. The second-order valence-corrected chi connectivity index (χ2v) is 9.61. The summed E-state index contributed by atoms with van der Waals surface area (Å²) in [5, 5.41) is 2.83. The number of alkyl halides is 3. The van der Waals surface area contributed by atoms with Crippen LogP contribution in [0.5, 0.6) is 11.5 Å². The number of halogens is 3. The predicted molar refractivity (Wildman–Crippen MR) is 149 cm³/mol. The van der Waals surface area contributed by atoms with Crippen molar-refractivity contribution in [2.75, 3.05) is 26.1 Å². The molecular formula is C32H27F3N2O4. The summed E-state index contributed by atoms with van der Waals surface area (Å²) >= 11 is 0. The number of hydrogen-bond donors (Lipinski definition) is 1. The molecule has 41 heavy (non-hydrogen) atoms. The number of hydrogen-bond acceptors (Lipinski definition) is 4. The molecule has 5 rings (SSSR count). The van der Waals surface area contributed by atoms with Gasteiger partial charge in [0, 0.05) is 29.9 Å². The van der Waals surface area contributed by atoms with E-state index in [1.807, 2.05) is 12.1 Å². The van der Waals surface area contributed by atoms with E-state index in [1.165, 1.54) is 12.1 Å². The van der Waals surface area contributed by atoms with E-state index in [1.54, 1.807) is 67.7 Å². The van der Waals surface area contributed by atoms with Crippen molar-refractivity contribution in [2.24, 2.45) is 0 Å². The maximum absolute atomic E-state index is 13.4. The second kappa shape index (κ2) is 11.4. The molecule has 1 aliphatic heterocycles. The number of amides is 2. The van der Waals surface area contributed by atoms with Crippen LogP contribution >= 0.6 is 0 Å². The normalized spacial score (nSPS) is 12.9. The van der Waals surface area contributed by atoms with Crippen molar-refractivity contribution in [3.63, 3.8) is 0 Å². The molecule has 1 N–H and O–H groups in total. The van der Waals surface area contributed by atoms with E-state index >= 15 is 0 Å². The predicted octanol–water partition coefficient (Wildman–Crippen LogP) is 6.84. The lowest BCUT2D eigenvalue weighted by molar-refractivity contribution is -0.137. The summed E-state index contributed by atoms with van der Waals surface area (Å²) in [6.07, 6.45) is -3.78. The molecule has 0 fully saturated rings. The van der Waals surface area contributed by atoms with Gasteiger partial charge in [0.05, 0.1) is 19.8 Å². The monoisotopic (exact) mass is 560 g/mol. The van der Waals surface area contributed by atoms with Crippen LogP contribution in [0.25, 0.3) is 11.1 Å². The van der Waals surface area contributed by atoms with Crippen molar-refractivity contribution in [1.29, 1.82) is 0 Å². The molecule has 9 heteroatoms. The summed E-state index contributed by atoms with van der Waals surface area (Å²) in [6, 6.07) is 21.8. The number of carbonyl (C=O) groups excluding carboxylic acids is 2. The molecule has 0 bridgehead atoms. The van der Waals surface area contributed by atoms with Crippen LogP contribution in [0.2, 0.25) is 0 Å². The molecule has 0 radical (unpaired) electrons. The molecule has 4 aromatic carbocycles. The van der Waals surface area contributed by atoms with Gasteiger partial charge in [-0.05, 0) is 77.2 Å². The number of nitrogens with zero attached hydrogens (tertiary/aromatic N) is 1. The number of methoxy groups -OCH3 is 2. The van der Waals surface area contributed by atoms with Crippen molar-refractivity contribution in [3.8, 4) is 22.6 Å². The highest BCUT2D eigenvalue weighted by molar-refractivity contribution is 6.09. The Morgan fingerprint density at radius 1 is 0.829 bits per heavy atom. The Hall–Kier alpha value is -4.79. The molecule has 1 aliphatic rings. The lowest BCUT2D eigenvalue weighted by Gasteiger charge is -2.30. The van der Waals surface area contributed by atoms with Gasteiger partial charge in [-0.15, -0.1) is 0 Å². The molecular weight excluding hydrogens is 533 g/mol. The van der Waals surface area contributed by atoms with Gasteiger partial charge in [-0.2, -0.15) is 13.2 Å². The first kappa shape index (κ1) is 27.8. The van der Waals surface area contributed by atoms with Gasteiger partial charge >= 0.3 is 6.18 Å². The van der Waals surface area contributed by atoms with E-state index in [0.717, 1.165) is 23.3 Å². The van der Waals surface area contributed by atoms with Gasteiger partial charge in [0.25, 0.3) is 11.8 Å². The minimum Gasteiger partial charge on any atom is -0.493 e. The quantitative estimate of drug-likeness (QED) is 0.280. The van der Waals surface area contributed by atoms with E-state index in [-0.39, 0.29) is 5.91 Å². The number of rotatable bonds is 6. The Balaban J connectivity index is 1.33. The van der Waals surface area contributed by atoms with Gasteiger partial charge in [-0.25, -0.2) is 0 Å². The Kier molecular flexibility index (Phi) is 7.70. The minimum atomic E-state index is -4.45. The van der Waals surface area contributed by atoms with Gasteiger partial charge in [0.1, 0.15) is 0 Å². The van der Waals surface area contributed by atoms with Crippen molar-refractivity contribution < 1.29 is 32.2 Å². The third kappa shape index (κ3) is 5.89. The fourth-order valence-corrected chi connectivity index (χ4v) is 4.94. The fraction of sp³-hybridized carbons (Fsp3) is 0.188. The van der Waals surface area contributed by atoms with Crippen LogP contribution in [0.15, 0.2) is 84.9 Å². The molecule has 0 atom stereocenters. The van der Waals surface area contributed by atoms with Crippen molar-refractivity contribution in [2.45, 2.75) is 19.1 Å². The topological polar surface area (TPSA) is 67.9 Å². The zero-order valence-corrected chi connectivity index (χ0v) is 22.4. The number of fused-ring (bicyclic) bond motifs is 1. The average molecular weight is 561 g/mol. The summed E-state index contributed by atoms with van der Waals surface area (Å²) in [4.78, 5) is 28.4. The van der Waals surface area contributed by atoms with Crippen molar-refractivity contribution in [3.05, 3.63) is 113 Å². The third-order valence-electron chi connectivity index (χ3n) is 7.07. The van der Waals surface area contributed by atoms with E-state index in [9.17, 15) is 22.8 Å². The molecule has 2 amide bonds. The first-order valence-electron chi connectivity index (χ1n) is 12.9. The summed E-state index contributed by atoms with van der Waals surface area (Å²) in [5.41, 5.74) is 3.42. The zero-order chi connectivity index (χ0) is 29.1. The van der Waals surface area contributed by atoms with Gasteiger partial charge in [-0.3, -0.25) is 9.59 Å². The standard InChI is InChI=1S/C32H27F3N2O4/c1-40-28-17-21-14-15-37(19-23(21)18-29(28)41-2)31(39)22-6-5-7-25(16-22)36-30(38)27-9-4-3-8-26(27)20-10-12-24(13-11-20)32(33,34)35/h3-13,16-18H,14-15,19H2,1-2H3,(H,36,38). The third-order valence-corrected chi connectivity index (χ3v) is 7.07. The van der Waals surface area contributed by atoms with Crippen molar-refractivity contribution in [1.82, 2.24) is 4.90 Å². The largest absolute Gasteiger partial charge is 0.493 e. The number of anilines is 1. The second-order valence-electron chi connectivity index (χ2n) is 9.61. The first-order chi connectivity index (χ1) is 19.7. The Labute approximate surface area is 235 Å². The number of benzene rings is 4. The summed E-state index contributed by atoms with van der Waals surface area (Å²) in [5.74, 6) is 0.626.